The van der Waals surface area contributed by atoms with Crippen molar-refractivity contribution in [3.63, 3.8) is 0 Å². The highest BCUT2D eigenvalue weighted by molar-refractivity contribution is 5.68. The van der Waals surface area contributed by atoms with E-state index in [-0.39, 0.29) is 18.2 Å². The van der Waals surface area contributed by atoms with E-state index in [4.69, 9.17) is 4.74 Å². The minimum Gasteiger partial charge on any atom is -0.418 e. The van der Waals surface area contributed by atoms with Gasteiger partial charge in [-0.05, 0) is 40.2 Å². The Morgan fingerprint density at radius 3 is 2.14 bits per heavy atom. The number of amides is 1. The van der Waals surface area contributed by atoms with E-state index in [0.717, 1.165) is 6.42 Å². The molecule has 0 aromatic heterocycles. The van der Waals surface area contributed by atoms with Gasteiger partial charge in [0.2, 0.25) is 0 Å². The van der Waals surface area contributed by atoms with Crippen LogP contribution in [0.5, 0.6) is 0 Å². The molecule has 82 valence electrons. The molecule has 0 spiro atoms. The Bertz CT molecular complexity index is 189. The van der Waals surface area contributed by atoms with E-state index in [1.54, 1.807) is 4.90 Å². The maximum atomic E-state index is 11.6. The molecule has 3 heteroatoms. The summed E-state index contributed by atoms with van der Waals surface area (Å²) in [5.74, 6) is 0. The van der Waals surface area contributed by atoms with Crippen LogP contribution in [0.3, 0.4) is 0 Å². The van der Waals surface area contributed by atoms with Crippen LogP contribution in [0.2, 0.25) is 0 Å². The highest BCUT2D eigenvalue weighted by atomic mass is 16.5. The molecule has 0 aromatic rings. The van der Waals surface area contributed by atoms with E-state index >= 15 is 0 Å². The van der Waals surface area contributed by atoms with Crippen molar-refractivity contribution in [1.29, 1.82) is 0 Å². The third-order valence-corrected chi connectivity index (χ3v) is 1.82. The molecular formula is C11H21NO2. The summed E-state index contributed by atoms with van der Waals surface area (Å²) in [6, 6.07) is 0.329. The number of carbonyl (C=O) groups excluding carboxylic acids is 1. The minimum atomic E-state index is -0.278. The molecule has 0 aromatic carbocycles. The lowest BCUT2D eigenvalue weighted by molar-refractivity contribution is 0.109. The molecule has 0 bridgehead atoms. The Kier molecular flexibility index (Phi) is 6.00. The molecule has 0 aliphatic heterocycles. The molecule has 0 rings (SSSR count). The van der Waals surface area contributed by atoms with Crippen LogP contribution in [0.4, 0.5) is 4.79 Å². The number of rotatable bonds is 4. The first-order chi connectivity index (χ1) is 6.50. The zero-order valence-electron chi connectivity index (χ0n) is 9.78. The lowest BCUT2D eigenvalue weighted by atomic mass is 10.2. The Balaban J connectivity index is 4.23. The summed E-state index contributed by atoms with van der Waals surface area (Å²) in [6.45, 7) is 9.90. The van der Waals surface area contributed by atoms with Gasteiger partial charge >= 0.3 is 6.09 Å². The van der Waals surface area contributed by atoms with Gasteiger partial charge in [0.1, 0.15) is 0 Å². The smallest absolute Gasteiger partial charge is 0.415 e. The molecule has 0 saturated carbocycles. The van der Waals surface area contributed by atoms with Gasteiger partial charge in [-0.25, -0.2) is 4.79 Å². The van der Waals surface area contributed by atoms with Gasteiger partial charge in [-0.15, -0.1) is 0 Å². The maximum absolute atomic E-state index is 11.6. The lowest BCUT2D eigenvalue weighted by Crippen LogP contribution is -2.41. The Morgan fingerprint density at radius 1 is 1.29 bits per heavy atom. The normalized spacial score (nSPS) is 11.4. The Labute approximate surface area is 86.7 Å². The van der Waals surface area contributed by atoms with E-state index in [0.29, 0.717) is 0 Å². The van der Waals surface area contributed by atoms with Crippen molar-refractivity contribution in [2.24, 2.45) is 0 Å². The fourth-order valence-corrected chi connectivity index (χ4v) is 1.28. The molecule has 0 aliphatic carbocycles. The van der Waals surface area contributed by atoms with Crippen LogP contribution in [0.15, 0.2) is 12.3 Å². The van der Waals surface area contributed by atoms with Crippen molar-refractivity contribution < 1.29 is 9.53 Å². The molecule has 14 heavy (non-hydrogen) atoms. The first kappa shape index (κ1) is 13.0. The summed E-state index contributed by atoms with van der Waals surface area (Å²) in [4.78, 5) is 13.3. The van der Waals surface area contributed by atoms with Gasteiger partial charge in [-0.2, -0.15) is 0 Å². The number of allylic oxidation sites excluding steroid dienone is 1. The van der Waals surface area contributed by atoms with E-state index < -0.39 is 0 Å². The summed E-state index contributed by atoms with van der Waals surface area (Å²) < 4.78 is 4.97. The van der Waals surface area contributed by atoms with Gasteiger partial charge < -0.3 is 9.64 Å². The number of hydrogen-bond donors (Lipinski definition) is 0. The van der Waals surface area contributed by atoms with Crippen molar-refractivity contribution in [2.45, 2.75) is 53.1 Å². The largest absolute Gasteiger partial charge is 0.418 e. The zero-order chi connectivity index (χ0) is 11.1. The van der Waals surface area contributed by atoms with Crippen LogP contribution >= 0.6 is 0 Å². The average Bonchev–Trinajstić information content (AvgIpc) is 2.03. The van der Waals surface area contributed by atoms with Crippen LogP contribution in [0.25, 0.3) is 0 Å². The lowest BCUT2D eigenvalue weighted by Gasteiger charge is -2.28. The molecule has 0 unspecified atom stereocenters. The predicted octanol–water partition coefficient (Wildman–Crippen LogP) is 3.17. The molecule has 0 saturated heterocycles. The van der Waals surface area contributed by atoms with Gasteiger partial charge in [-0.1, -0.05) is 6.92 Å². The number of carbonyl (C=O) groups is 1. The molecule has 0 heterocycles. The van der Waals surface area contributed by atoms with Crippen LogP contribution < -0.4 is 0 Å². The quantitative estimate of drug-likeness (QED) is 0.651. The standard InChI is InChI=1S/C11H21NO2/c1-6-7-8-14-11(13)12(9(2)3)10(4)5/h7-10H,6H2,1-5H3/b8-7-. The second-order valence-corrected chi connectivity index (χ2v) is 3.76. The highest BCUT2D eigenvalue weighted by Crippen LogP contribution is 2.07. The third-order valence-electron chi connectivity index (χ3n) is 1.82. The molecule has 0 fully saturated rings. The van der Waals surface area contributed by atoms with Crippen molar-refractivity contribution in [3.05, 3.63) is 12.3 Å². The van der Waals surface area contributed by atoms with Crippen molar-refractivity contribution in [3.8, 4) is 0 Å². The maximum Gasteiger partial charge on any atom is 0.415 e. The second kappa shape index (κ2) is 6.46. The SMILES string of the molecule is CC/C=C\OC(=O)N(C(C)C)C(C)C. The van der Waals surface area contributed by atoms with E-state index in [9.17, 15) is 4.79 Å². The van der Waals surface area contributed by atoms with E-state index in [1.807, 2.05) is 40.7 Å². The summed E-state index contributed by atoms with van der Waals surface area (Å²) in [5.41, 5.74) is 0. The molecule has 1 amide bonds. The summed E-state index contributed by atoms with van der Waals surface area (Å²) in [7, 11) is 0. The molecule has 0 atom stereocenters. The van der Waals surface area contributed by atoms with E-state index in [2.05, 4.69) is 0 Å². The van der Waals surface area contributed by atoms with E-state index in [1.165, 1.54) is 6.26 Å². The molecule has 0 aliphatic rings. The molecular weight excluding hydrogens is 178 g/mol. The van der Waals surface area contributed by atoms with Gasteiger partial charge in [0.15, 0.2) is 0 Å². The van der Waals surface area contributed by atoms with Gasteiger partial charge in [0.05, 0.1) is 6.26 Å². The Morgan fingerprint density at radius 2 is 1.79 bits per heavy atom. The molecule has 0 radical (unpaired) electrons. The van der Waals surface area contributed by atoms with Crippen LogP contribution in [0.1, 0.15) is 41.0 Å². The van der Waals surface area contributed by atoms with Gasteiger partial charge in [0, 0.05) is 12.1 Å². The van der Waals surface area contributed by atoms with Crippen molar-refractivity contribution in [1.82, 2.24) is 4.90 Å². The average molecular weight is 199 g/mol. The Hall–Kier alpha value is -0.990. The summed E-state index contributed by atoms with van der Waals surface area (Å²) >= 11 is 0. The minimum absolute atomic E-state index is 0.164. The van der Waals surface area contributed by atoms with Crippen molar-refractivity contribution in [2.75, 3.05) is 0 Å². The predicted molar refractivity (Wildman–Crippen MR) is 58.0 cm³/mol. The zero-order valence-corrected chi connectivity index (χ0v) is 9.78. The van der Waals surface area contributed by atoms with Crippen LogP contribution in [0, 0.1) is 0 Å². The van der Waals surface area contributed by atoms with Gasteiger partial charge in [-0.3, -0.25) is 0 Å². The highest BCUT2D eigenvalue weighted by Gasteiger charge is 2.20. The topological polar surface area (TPSA) is 29.5 Å². The van der Waals surface area contributed by atoms with Crippen LogP contribution in [-0.4, -0.2) is 23.1 Å². The second-order valence-electron chi connectivity index (χ2n) is 3.76. The molecule has 0 N–H and O–H groups in total. The fourth-order valence-electron chi connectivity index (χ4n) is 1.28. The first-order valence-electron chi connectivity index (χ1n) is 5.14. The number of nitrogens with zero attached hydrogens (tertiary/aromatic N) is 1. The van der Waals surface area contributed by atoms with Gasteiger partial charge in [0.25, 0.3) is 0 Å². The first-order valence-corrected chi connectivity index (χ1v) is 5.14. The van der Waals surface area contributed by atoms with Crippen LogP contribution in [-0.2, 0) is 4.74 Å². The molecule has 3 nitrogen and oxygen atoms in total. The third kappa shape index (κ3) is 4.30. The number of ether oxygens (including phenoxy) is 1. The van der Waals surface area contributed by atoms with Crippen molar-refractivity contribution >= 4 is 6.09 Å². The summed E-state index contributed by atoms with van der Waals surface area (Å²) in [5, 5.41) is 0. The fraction of sp³-hybridized carbons (Fsp3) is 0.727. The monoisotopic (exact) mass is 199 g/mol. The summed E-state index contributed by atoms with van der Waals surface area (Å²) in [6.07, 6.45) is 3.87. The number of hydrogen-bond acceptors (Lipinski definition) is 2.